The van der Waals surface area contributed by atoms with Crippen LogP contribution in [0, 0.1) is 24.0 Å². The molecule has 0 amide bonds. The van der Waals surface area contributed by atoms with Crippen molar-refractivity contribution in [2.24, 2.45) is 0 Å². The number of nitrogens with one attached hydrogen (secondary N) is 1. The molecule has 2 rings (SSSR count). The highest BCUT2D eigenvalue weighted by molar-refractivity contribution is 7.07. The summed E-state index contributed by atoms with van der Waals surface area (Å²) in [6.45, 7) is 4.57. The van der Waals surface area contributed by atoms with Gasteiger partial charge in [-0.15, -0.1) is 0 Å². The Morgan fingerprint density at radius 3 is 2.90 bits per heavy atom. The maximum atomic E-state index is 10.9. The van der Waals surface area contributed by atoms with Crippen molar-refractivity contribution in [3.8, 4) is 0 Å². The highest BCUT2D eigenvalue weighted by Gasteiger charge is 2.22. The van der Waals surface area contributed by atoms with Gasteiger partial charge in [0, 0.05) is 13.1 Å². The van der Waals surface area contributed by atoms with E-state index in [1.165, 1.54) is 10.2 Å². The van der Waals surface area contributed by atoms with E-state index in [-0.39, 0.29) is 12.2 Å². The number of thiophene rings is 1. The van der Waals surface area contributed by atoms with Gasteiger partial charge in [-0.3, -0.25) is 14.8 Å². The van der Waals surface area contributed by atoms with Gasteiger partial charge in [-0.1, -0.05) is 0 Å². The van der Waals surface area contributed by atoms with Crippen molar-refractivity contribution in [2.45, 2.75) is 33.0 Å². The maximum absolute atomic E-state index is 10.9. The van der Waals surface area contributed by atoms with E-state index in [0.717, 1.165) is 0 Å². The van der Waals surface area contributed by atoms with E-state index >= 15 is 0 Å². The zero-order chi connectivity index (χ0) is 15.4. The molecule has 114 valence electrons. The Bertz CT molecular complexity index is 609. The monoisotopic (exact) mass is 310 g/mol. The molecular weight excluding hydrogens is 292 g/mol. The van der Waals surface area contributed by atoms with Crippen LogP contribution in [-0.4, -0.2) is 32.5 Å². The maximum Gasteiger partial charge on any atom is 0.312 e. The molecule has 2 aromatic rings. The lowest BCUT2D eigenvalue weighted by atomic mass is 10.3. The van der Waals surface area contributed by atoms with Crippen molar-refractivity contribution < 1.29 is 10.0 Å². The van der Waals surface area contributed by atoms with E-state index in [1.54, 1.807) is 25.2 Å². The van der Waals surface area contributed by atoms with Crippen LogP contribution in [0.3, 0.4) is 0 Å². The quantitative estimate of drug-likeness (QED) is 0.599. The van der Waals surface area contributed by atoms with Crippen LogP contribution < -0.4 is 5.32 Å². The highest BCUT2D eigenvalue weighted by atomic mass is 32.1. The molecule has 0 aliphatic carbocycles. The van der Waals surface area contributed by atoms with Gasteiger partial charge < -0.3 is 10.4 Å². The molecule has 0 spiro atoms. The number of nitrogens with zero attached hydrogens (tertiary/aromatic N) is 3. The number of hydrogen-bond donors (Lipinski definition) is 2. The second-order valence-electron chi connectivity index (χ2n) is 4.87. The van der Waals surface area contributed by atoms with Crippen LogP contribution in [0.2, 0.25) is 0 Å². The molecule has 7 nitrogen and oxygen atoms in total. The summed E-state index contributed by atoms with van der Waals surface area (Å²) < 4.78 is 1.49. The molecule has 2 aromatic heterocycles. The number of aryl methyl sites for hydroxylation is 1. The molecule has 2 heterocycles. The average molecular weight is 310 g/mol. The lowest BCUT2D eigenvalue weighted by Crippen LogP contribution is -2.30. The Kier molecular flexibility index (Phi) is 5.05. The Hall–Kier alpha value is -1.77. The molecule has 2 N–H and O–H groups in total. The van der Waals surface area contributed by atoms with Crippen molar-refractivity contribution in [3.05, 3.63) is 43.9 Å². The summed E-state index contributed by atoms with van der Waals surface area (Å²) in [7, 11) is 0. The van der Waals surface area contributed by atoms with Gasteiger partial charge in [-0.2, -0.15) is 16.4 Å². The second-order valence-corrected chi connectivity index (χ2v) is 5.66. The smallest absolute Gasteiger partial charge is 0.312 e. The Labute approximate surface area is 126 Å². The standard InChI is InChI=1S/C13H18N4O3S/c1-9-13(17(19)20)10(2)16(15-9)7-12(18)6-14-5-11-3-4-21-8-11/h3-4,8,12,14,18H,5-7H2,1-2H3. The van der Waals surface area contributed by atoms with Gasteiger partial charge in [0.05, 0.1) is 17.6 Å². The topological polar surface area (TPSA) is 93.2 Å². The number of aliphatic hydroxyl groups excluding tert-OH is 1. The van der Waals surface area contributed by atoms with Crippen molar-refractivity contribution in [1.29, 1.82) is 0 Å². The predicted molar refractivity (Wildman–Crippen MR) is 80.4 cm³/mol. The molecule has 21 heavy (non-hydrogen) atoms. The second kappa shape index (κ2) is 6.79. The van der Waals surface area contributed by atoms with Crippen LogP contribution in [0.15, 0.2) is 16.8 Å². The fourth-order valence-corrected chi connectivity index (χ4v) is 2.84. The fourth-order valence-electron chi connectivity index (χ4n) is 2.17. The minimum atomic E-state index is -0.652. The van der Waals surface area contributed by atoms with Crippen LogP contribution in [0.4, 0.5) is 5.69 Å². The lowest BCUT2D eigenvalue weighted by Gasteiger charge is -2.12. The molecule has 0 aromatic carbocycles. The van der Waals surface area contributed by atoms with Crippen LogP contribution in [0.5, 0.6) is 0 Å². The molecule has 0 aliphatic rings. The van der Waals surface area contributed by atoms with Gasteiger partial charge in [0.1, 0.15) is 11.4 Å². The number of aliphatic hydroxyl groups is 1. The molecule has 0 aliphatic heterocycles. The normalized spacial score (nSPS) is 12.5. The SMILES string of the molecule is Cc1nn(CC(O)CNCc2ccsc2)c(C)c1[N+](=O)[O-]. The van der Waals surface area contributed by atoms with Gasteiger partial charge in [0.25, 0.3) is 0 Å². The highest BCUT2D eigenvalue weighted by Crippen LogP contribution is 2.21. The zero-order valence-electron chi connectivity index (χ0n) is 11.9. The number of rotatable bonds is 7. The zero-order valence-corrected chi connectivity index (χ0v) is 12.8. The van der Waals surface area contributed by atoms with Crippen LogP contribution in [-0.2, 0) is 13.1 Å². The van der Waals surface area contributed by atoms with Crippen LogP contribution >= 0.6 is 11.3 Å². The predicted octanol–water partition coefficient (Wildman–Crippen LogP) is 1.62. The summed E-state index contributed by atoms with van der Waals surface area (Å²) in [5.74, 6) is 0. The van der Waals surface area contributed by atoms with Crippen molar-refractivity contribution in [1.82, 2.24) is 15.1 Å². The van der Waals surface area contributed by atoms with E-state index in [9.17, 15) is 15.2 Å². The van der Waals surface area contributed by atoms with E-state index in [0.29, 0.717) is 24.5 Å². The molecule has 8 heteroatoms. The first-order valence-electron chi connectivity index (χ1n) is 6.57. The first-order chi connectivity index (χ1) is 9.99. The molecule has 0 bridgehead atoms. The molecule has 0 saturated carbocycles. The lowest BCUT2D eigenvalue weighted by molar-refractivity contribution is -0.386. The van der Waals surface area contributed by atoms with E-state index in [4.69, 9.17) is 0 Å². The fraction of sp³-hybridized carbons (Fsp3) is 0.462. The first-order valence-corrected chi connectivity index (χ1v) is 7.51. The third-order valence-electron chi connectivity index (χ3n) is 3.20. The minimum absolute atomic E-state index is 0.0217. The van der Waals surface area contributed by atoms with E-state index < -0.39 is 11.0 Å². The summed E-state index contributed by atoms with van der Waals surface area (Å²) in [6, 6.07) is 2.02. The Morgan fingerprint density at radius 1 is 1.57 bits per heavy atom. The van der Waals surface area contributed by atoms with Gasteiger partial charge in [-0.05, 0) is 36.2 Å². The van der Waals surface area contributed by atoms with Crippen molar-refractivity contribution in [3.63, 3.8) is 0 Å². The average Bonchev–Trinajstić information content (AvgIpc) is 2.99. The first kappa shape index (κ1) is 15.6. The van der Waals surface area contributed by atoms with Gasteiger partial charge in [0.2, 0.25) is 0 Å². The number of aromatic nitrogens is 2. The largest absolute Gasteiger partial charge is 0.390 e. The van der Waals surface area contributed by atoms with E-state index in [1.807, 2.05) is 16.8 Å². The van der Waals surface area contributed by atoms with Crippen molar-refractivity contribution >= 4 is 17.0 Å². The number of hydrogen-bond acceptors (Lipinski definition) is 6. The summed E-state index contributed by atoms with van der Waals surface area (Å²) in [5.41, 5.74) is 2.03. The Morgan fingerprint density at radius 2 is 2.33 bits per heavy atom. The summed E-state index contributed by atoms with van der Waals surface area (Å²) in [4.78, 5) is 10.5. The van der Waals surface area contributed by atoms with Crippen LogP contribution in [0.25, 0.3) is 0 Å². The van der Waals surface area contributed by atoms with Gasteiger partial charge >= 0.3 is 5.69 Å². The molecule has 0 radical (unpaired) electrons. The molecule has 1 unspecified atom stereocenters. The third kappa shape index (κ3) is 3.87. The van der Waals surface area contributed by atoms with Crippen molar-refractivity contribution in [2.75, 3.05) is 6.54 Å². The summed E-state index contributed by atoms with van der Waals surface area (Å²) in [6.07, 6.45) is -0.652. The summed E-state index contributed by atoms with van der Waals surface area (Å²) in [5, 5.41) is 32.2. The molecule has 0 fully saturated rings. The van der Waals surface area contributed by atoms with Gasteiger partial charge in [-0.25, -0.2) is 0 Å². The molecule has 1 atom stereocenters. The third-order valence-corrected chi connectivity index (χ3v) is 3.93. The van der Waals surface area contributed by atoms with Crippen LogP contribution in [0.1, 0.15) is 17.0 Å². The minimum Gasteiger partial charge on any atom is -0.390 e. The Balaban J connectivity index is 1.89. The molecular formula is C13H18N4O3S. The van der Waals surface area contributed by atoms with E-state index in [2.05, 4.69) is 10.4 Å². The summed E-state index contributed by atoms with van der Waals surface area (Å²) >= 11 is 1.63. The number of nitro groups is 1. The molecule has 0 saturated heterocycles. The van der Waals surface area contributed by atoms with Gasteiger partial charge in [0.15, 0.2) is 0 Å².